The largest absolute Gasteiger partial charge is 0.345 e. The minimum absolute atomic E-state index is 0.577. The summed E-state index contributed by atoms with van der Waals surface area (Å²) in [4.78, 5) is 15.1. The molecule has 2 rings (SSSR count). The second kappa shape index (κ2) is 4.52. The summed E-state index contributed by atoms with van der Waals surface area (Å²) < 4.78 is 0. The van der Waals surface area contributed by atoms with Gasteiger partial charge in [-0.05, 0) is 31.2 Å². The van der Waals surface area contributed by atoms with Crippen LogP contribution in [0.2, 0.25) is 0 Å². The van der Waals surface area contributed by atoms with Gasteiger partial charge in [0.15, 0.2) is 0 Å². The zero-order valence-corrected chi connectivity index (χ0v) is 9.74. The lowest BCUT2D eigenvalue weighted by atomic mass is 9.72. The third kappa shape index (κ3) is 2.33. The van der Waals surface area contributed by atoms with Crippen molar-refractivity contribution in [3.63, 3.8) is 0 Å². The van der Waals surface area contributed by atoms with Gasteiger partial charge in [0.1, 0.15) is 0 Å². The van der Waals surface area contributed by atoms with Crippen molar-refractivity contribution < 1.29 is 4.79 Å². The van der Waals surface area contributed by atoms with Crippen LogP contribution >= 0.6 is 0 Å². The van der Waals surface area contributed by atoms with Crippen molar-refractivity contribution >= 4 is 6.41 Å². The molecule has 0 aromatic carbocycles. The van der Waals surface area contributed by atoms with E-state index in [0.717, 1.165) is 19.5 Å². The van der Waals surface area contributed by atoms with Gasteiger partial charge in [-0.2, -0.15) is 0 Å². The van der Waals surface area contributed by atoms with E-state index < -0.39 is 0 Å². The Kier molecular flexibility index (Phi) is 3.29. The molecule has 0 aromatic rings. The van der Waals surface area contributed by atoms with E-state index in [1.807, 2.05) is 4.90 Å². The molecule has 1 spiro atoms. The summed E-state index contributed by atoms with van der Waals surface area (Å²) in [6, 6.07) is 0. The number of carbonyl (C=O) groups excluding carboxylic acids is 1. The Balaban J connectivity index is 1.71. The number of piperidine rings is 1. The molecule has 0 radical (unpaired) electrons. The summed E-state index contributed by atoms with van der Waals surface area (Å²) in [6.45, 7) is 8.03. The maximum atomic E-state index is 10.6. The van der Waals surface area contributed by atoms with E-state index in [1.54, 1.807) is 0 Å². The van der Waals surface area contributed by atoms with Gasteiger partial charge in [-0.25, -0.2) is 0 Å². The van der Waals surface area contributed by atoms with Crippen molar-refractivity contribution in [3.05, 3.63) is 0 Å². The fraction of sp³-hybridized carbons (Fsp3) is 0.917. The van der Waals surface area contributed by atoms with E-state index in [9.17, 15) is 4.79 Å². The molecule has 0 saturated carbocycles. The normalized spacial score (nSPS) is 25.3. The fourth-order valence-corrected chi connectivity index (χ4v) is 2.86. The number of hydrogen-bond acceptors (Lipinski definition) is 2. The molecule has 3 heteroatoms. The van der Waals surface area contributed by atoms with Gasteiger partial charge in [0.2, 0.25) is 6.41 Å². The molecule has 15 heavy (non-hydrogen) atoms. The zero-order valence-electron chi connectivity index (χ0n) is 9.74. The fourth-order valence-electron chi connectivity index (χ4n) is 2.86. The Morgan fingerprint density at radius 2 is 1.93 bits per heavy atom. The molecule has 2 fully saturated rings. The molecule has 2 heterocycles. The second-order valence-electron chi connectivity index (χ2n) is 5.21. The van der Waals surface area contributed by atoms with Gasteiger partial charge in [0.05, 0.1) is 0 Å². The molecule has 0 unspecified atom stereocenters. The topological polar surface area (TPSA) is 23.6 Å². The summed E-state index contributed by atoms with van der Waals surface area (Å²) in [5.41, 5.74) is 0.577. The van der Waals surface area contributed by atoms with Crippen LogP contribution in [0.25, 0.3) is 0 Å². The molecular weight excluding hydrogens is 188 g/mol. The third-order valence-corrected chi connectivity index (χ3v) is 3.95. The van der Waals surface area contributed by atoms with E-state index in [2.05, 4.69) is 11.8 Å². The first-order chi connectivity index (χ1) is 7.28. The lowest BCUT2D eigenvalue weighted by Gasteiger charge is -2.53. The molecule has 0 aliphatic carbocycles. The summed E-state index contributed by atoms with van der Waals surface area (Å²) in [6.07, 6.45) is 6.06. The van der Waals surface area contributed by atoms with Crippen LogP contribution in [0, 0.1) is 5.41 Å². The van der Waals surface area contributed by atoms with Crippen LogP contribution in [-0.4, -0.2) is 48.9 Å². The Labute approximate surface area is 92.4 Å². The van der Waals surface area contributed by atoms with Gasteiger partial charge in [0.25, 0.3) is 0 Å². The number of unbranched alkanes of at least 4 members (excludes halogenated alkanes) is 1. The smallest absolute Gasteiger partial charge is 0.209 e. The molecule has 0 N–H and O–H groups in total. The van der Waals surface area contributed by atoms with Crippen molar-refractivity contribution in [2.75, 3.05) is 32.7 Å². The standard InChI is InChI=1S/C12H22N2O/c1-2-3-6-14-9-12(10-14)4-7-13(11-15)8-5-12/h11H,2-10H2,1H3. The average molecular weight is 210 g/mol. The number of rotatable bonds is 4. The van der Waals surface area contributed by atoms with Crippen LogP contribution in [0.3, 0.4) is 0 Å². The highest BCUT2D eigenvalue weighted by Crippen LogP contribution is 2.40. The van der Waals surface area contributed by atoms with Gasteiger partial charge in [-0.1, -0.05) is 13.3 Å². The first-order valence-electron chi connectivity index (χ1n) is 6.20. The predicted octanol–water partition coefficient (Wildman–Crippen LogP) is 1.34. The van der Waals surface area contributed by atoms with Crippen molar-refractivity contribution in [1.29, 1.82) is 0 Å². The van der Waals surface area contributed by atoms with E-state index in [0.29, 0.717) is 5.41 Å². The monoisotopic (exact) mass is 210 g/mol. The van der Waals surface area contributed by atoms with E-state index in [1.165, 1.54) is 45.3 Å². The van der Waals surface area contributed by atoms with E-state index in [4.69, 9.17) is 0 Å². The van der Waals surface area contributed by atoms with Gasteiger partial charge in [-0.3, -0.25) is 4.79 Å². The van der Waals surface area contributed by atoms with Gasteiger partial charge in [-0.15, -0.1) is 0 Å². The minimum atomic E-state index is 0.577. The maximum absolute atomic E-state index is 10.6. The SMILES string of the molecule is CCCCN1CC2(CCN(C=O)CC2)C1. The van der Waals surface area contributed by atoms with Crippen molar-refractivity contribution in [3.8, 4) is 0 Å². The van der Waals surface area contributed by atoms with Crippen LogP contribution in [0.5, 0.6) is 0 Å². The van der Waals surface area contributed by atoms with Crippen molar-refractivity contribution in [2.45, 2.75) is 32.6 Å². The predicted molar refractivity (Wildman–Crippen MR) is 60.7 cm³/mol. The molecule has 0 atom stereocenters. The zero-order chi connectivity index (χ0) is 10.7. The lowest BCUT2D eigenvalue weighted by molar-refractivity contribution is -0.123. The molecular formula is C12H22N2O. The Bertz CT molecular complexity index is 214. The number of nitrogens with zero attached hydrogens (tertiary/aromatic N) is 2. The molecule has 2 aliphatic rings. The van der Waals surface area contributed by atoms with Gasteiger partial charge < -0.3 is 9.80 Å². The summed E-state index contributed by atoms with van der Waals surface area (Å²) >= 11 is 0. The Morgan fingerprint density at radius 1 is 1.27 bits per heavy atom. The highest BCUT2D eigenvalue weighted by atomic mass is 16.1. The molecule has 2 saturated heterocycles. The van der Waals surface area contributed by atoms with Gasteiger partial charge in [0, 0.05) is 26.2 Å². The van der Waals surface area contributed by atoms with Crippen molar-refractivity contribution in [1.82, 2.24) is 9.80 Å². The van der Waals surface area contributed by atoms with Crippen LogP contribution < -0.4 is 0 Å². The average Bonchev–Trinajstić information content (AvgIpc) is 2.24. The Hall–Kier alpha value is -0.570. The first-order valence-corrected chi connectivity index (χ1v) is 6.20. The Morgan fingerprint density at radius 3 is 2.47 bits per heavy atom. The number of carbonyl (C=O) groups is 1. The number of hydrogen-bond donors (Lipinski definition) is 0. The first kappa shape index (κ1) is 10.9. The number of likely N-dealkylation sites (tertiary alicyclic amines) is 2. The quantitative estimate of drug-likeness (QED) is 0.654. The summed E-state index contributed by atoms with van der Waals surface area (Å²) in [5, 5.41) is 0. The van der Waals surface area contributed by atoms with Crippen LogP contribution in [-0.2, 0) is 4.79 Å². The molecule has 0 aromatic heterocycles. The molecule has 0 bridgehead atoms. The van der Waals surface area contributed by atoms with E-state index >= 15 is 0 Å². The maximum Gasteiger partial charge on any atom is 0.209 e. The molecule has 3 nitrogen and oxygen atoms in total. The van der Waals surface area contributed by atoms with Crippen LogP contribution in [0.1, 0.15) is 32.6 Å². The molecule has 86 valence electrons. The van der Waals surface area contributed by atoms with Gasteiger partial charge >= 0.3 is 0 Å². The summed E-state index contributed by atoms with van der Waals surface area (Å²) in [7, 11) is 0. The highest BCUT2D eigenvalue weighted by Gasteiger charge is 2.43. The third-order valence-electron chi connectivity index (χ3n) is 3.95. The molecule has 2 aliphatic heterocycles. The minimum Gasteiger partial charge on any atom is -0.345 e. The highest BCUT2D eigenvalue weighted by molar-refractivity contribution is 5.47. The van der Waals surface area contributed by atoms with Crippen LogP contribution in [0.15, 0.2) is 0 Å². The lowest BCUT2D eigenvalue weighted by Crippen LogP contribution is -2.60. The van der Waals surface area contributed by atoms with Crippen molar-refractivity contribution in [2.24, 2.45) is 5.41 Å². The van der Waals surface area contributed by atoms with E-state index in [-0.39, 0.29) is 0 Å². The number of amides is 1. The molecule has 1 amide bonds. The summed E-state index contributed by atoms with van der Waals surface area (Å²) in [5.74, 6) is 0. The van der Waals surface area contributed by atoms with Crippen LogP contribution in [0.4, 0.5) is 0 Å². The second-order valence-corrected chi connectivity index (χ2v) is 5.21.